The number of hydrogen-bond acceptors (Lipinski definition) is 14. The second-order valence-electron chi connectivity index (χ2n) is 34.9. The van der Waals surface area contributed by atoms with Crippen LogP contribution >= 0.6 is 0 Å². The van der Waals surface area contributed by atoms with Gasteiger partial charge in [0.25, 0.3) is 0 Å². The second-order valence-corrected chi connectivity index (χ2v) is 34.9. The standard InChI is InChI=1S/C79H154N8O13/c1-26-53-62(82-64(89)95-70(6,7)8)79(86-68(93)99-74(18,19)20,77(25,29-4)84-66(91)97-72(12,13)14)61(55-50-47-48-52-58-81-63(88)56-51-46-44-42-40-38-36-34-32-30-31-33-35-37-39-41-43-45-49-54-60(5)80)59-87(69(94)100-75(21,22)23)78(57-27-2,85-67(92)98-73(15,16)17)76(24,28-3)83-65(90)96-71(9,10)11/h60-62H,26-59,80H2,1-25H3,(H,81,88)(H,82,89)(H,83,90)(H,84,91)(H,85,92)(H,86,93). The van der Waals surface area contributed by atoms with Gasteiger partial charge in [0.15, 0.2) is 0 Å². The van der Waals surface area contributed by atoms with Crippen LogP contribution in [0.4, 0.5) is 28.8 Å². The fraction of sp³-hybridized carbons (Fsp3) is 0.911. The molecule has 0 spiro atoms. The maximum absolute atomic E-state index is 16.2. The molecule has 0 bridgehead atoms. The highest BCUT2D eigenvalue weighted by molar-refractivity contribution is 5.77. The molecule has 21 nitrogen and oxygen atoms in total. The van der Waals surface area contributed by atoms with Gasteiger partial charge >= 0.3 is 36.6 Å². The Labute approximate surface area is 609 Å². The number of carbonyl (C=O) groups is 7. The smallest absolute Gasteiger partial charge is 0.412 e. The Bertz CT molecular complexity index is 2350. The van der Waals surface area contributed by atoms with E-state index in [0.29, 0.717) is 57.5 Å². The van der Waals surface area contributed by atoms with Crippen molar-refractivity contribution in [3.05, 3.63) is 0 Å². The minimum Gasteiger partial charge on any atom is -0.444 e. The summed E-state index contributed by atoms with van der Waals surface area (Å²) in [6.45, 7) is 44.3. The van der Waals surface area contributed by atoms with Crippen molar-refractivity contribution in [1.82, 2.24) is 36.8 Å². The summed E-state index contributed by atoms with van der Waals surface area (Å²) in [6.07, 6.45) is 24.2. The van der Waals surface area contributed by atoms with Gasteiger partial charge in [0.2, 0.25) is 5.91 Å². The third-order valence-electron chi connectivity index (χ3n) is 18.1. The topological polar surface area (TPSA) is 276 Å². The van der Waals surface area contributed by atoms with E-state index in [9.17, 15) is 24.0 Å². The van der Waals surface area contributed by atoms with Gasteiger partial charge in [0, 0.05) is 31.5 Å². The molecule has 0 aliphatic rings. The predicted molar refractivity (Wildman–Crippen MR) is 406 cm³/mol. The number of ether oxygens (including phenoxy) is 6. The van der Waals surface area contributed by atoms with Crippen molar-refractivity contribution in [2.45, 2.75) is 447 Å². The Morgan fingerprint density at radius 3 is 1.09 bits per heavy atom. The molecule has 21 heteroatoms. The van der Waals surface area contributed by atoms with E-state index in [1.54, 1.807) is 138 Å². The molecule has 0 aliphatic carbocycles. The fourth-order valence-corrected chi connectivity index (χ4v) is 13.2. The summed E-state index contributed by atoms with van der Waals surface area (Å²) in [4.78, 5) is 105. The van der Waals surface area contributed by atoms with Crippen LogP contribution in [0.2, 0.25) is 0 Å². The summed E-state index contributed by atoms with van der Waals surface area (Å²) in [7, 11) is 0. The van der Waals surface area contributed by atoms with Crippen LogP contribution in [-0.4, -0.2) is 128 Å². The largest absolute Gasteiger partial charge is 0.444 e. The highest BCUT2D eigenvalue weighted by Gasteiger charge is 2.63. The quantitative estimate of drug-likeness (QED) is 0.0170. The van der Waals surface area contributed by atoms with Crippen molar-refractivity contribution < 1.29 is 62.0 Å². The molecule has 0 fully saturated rings. The summed E-state index contributed by atoms with van der Waals surface area (Å²) in [5, 5.41) is 19.2. The predicted octanol–water partition coefficient (Wildman–Crippen LogP) is 19.8. The summed E-state index contributed by atoms with van der Waals surface area (Å²) in [5.41, 5.74) is -7.46. The third kappa shape index (κ3) is 40.2. The van der Waals surface area contributed by atoms with Crippen molar-refractivity contribution in [2.75, 3.05) is 13.1 Å². The number of hydrogen-bond donors (Lipinski definition) is 7. The number of amides is 7. The minimum atomic E-state index is -1.96. The molecule has 7 unspecified atom stereocenters. The Kier molecular flexibility index (Phi) is 43.1. The number of nitrogens with one attached hydrogen (secondary N) is 6. The molecule has 7 atom stereocenters. The Balaban J connectivity index is 7.77. The van der Waals surface area contributed by atoms with Crippen molar-refractivity contribution in [3.63, 3.8) is 0 Å². The number of nitrogens with two attached hydrogens (primary N) is 1. The molecule has 0 aromatic heterocycles. The molecule has 100 heavy (non-hydrogen) atoms. The maximum Gasteiger partial charge on any atom is 0.412 e. The molecule has 0 rings (SSSR count). The zero-order chi connectivity index (χ0) is 76.9. The molecule has 0 saturated heterocycles. The lowest BCUT2D eigenvalue weighted by molar-refractivity contribution is -0.121. The first kappa shape index (κ1) is 95.0. The normalized spacial score (nSPS) is 15.7. The molecule has 0 aliphatic heterocycles. The number of nitrogens with zero attached hydrogens (tertiary/aromatic N) is 1. The summed E-state index contributed by atoms with van der Waals surface area (Å²) in [6, 6.07) is -0.804. The number of rotatable bonds is 47. The van der Waals surface area contributed by atoms with Crippen LogP contribution in [-0.2, 0) is 33.2 Å². The lowest BCUT2D eigenvalue weighted by atomic mass is 9.61. The number of alkyl carbamates (subject to hydrolysis) is 5. The highest BCUT2D eigenvalue weighted by Crippen LogP contribution is 2.45. The Hall–Kier alpha value is -4.95. The van der Waals surface area contributed by atoms with E-state index in [4.69, 9.17) is 34.2 Å². The van der Waals surface area contributed by atoms with Gasteiger partial charge in [0.05, 0.1) is 22.7 Å². The van der Waals surface area contributed by atoms with E-state index in [2.05, 4.69) is 38.8 Å². The van der Waals surface area contributed by atoms with Crippen LogP contribution in [0.5, 0.6) is 0 Å². The van der Waals surface area contributed by atoms with E-state index in [-0.39, 0.29) is 44.6 Å². The van der Waals surface area contributed by atoms with Crippen LogP contribution in [0.3, 0.4) is 0 Å². The van der Waals surface area contributed by atoms with Crippen molar-refractivity contribution in [3.8, 4) is 0 Å². The molecule has 8 N–H and O–H groups in total. The van der Waals surface area contributed by atoms with Gasteiger partial charge in [-0.25, -0.2) is 28.8 Å². The van der Waals surface area contributed by atoms with Gasteiger partial charge in [-0.15, -0.1) is 0 Å². The van der Waals surface area contributed by atoms with Crippen molar-refractivity contribution >= 4 is 42.5 Å². The molecule has 588 valence electrons. The van der Waals surface area contributed by atoms with Gasteiger partial charge in [-0.05, 0) is 197 Å². The average Bonchev–Trinajstić information content (AvgIpc) is 0.725. The highest BCUT2D eigenvalue weighted by atomic mass is 16.6. The van der Waals surface area contributed by atoms with Gasteiger partial charge in [0.1, 0.15) is 39.3 Å². The summed E-state index contributed by atoms with van der Waals surface area (Å²) < 4.78 is 36.8. The number of carbonyl (C=O) groups excluding carboxylic acids is 7. The maximum atomic E-state index is 16.2. The monoisotopic (exact) mass is 1420 g/mol. The zero-order valence-corrected chi connectivity index (χ0v) is 68.6. The molecular weight excluding hydrogens is 1270 g/mol. The lowest BCUT2D eigenvalue weighted by Gasteiger charge is -2.59. The first-order chi connectivity index (χ1) is 46.1. The SMILES string of the molecule is CCCC(NC(=O)OC(C)(C)C)C(NC(=O)OC(C)(C)C)(C(CCCCCCNC(=O)CCCCCCCCCCCCCCCCCCCCCC(C)N)CN(C(=O)OC(C)(C)C)C(CCC)(NC(=O)OC(C)(C)C)C(C)(CC)NC(=O)OC(C)(C)C)C(C)(CC)NC(=O)OC(C)(C)C. The van der Waals surface area contributed by atoms with Gasteiger partial charge in [-0.1, -0.05) is 175 Å². The summed E-state index contributed by atoms with van der Waals surface area (Å²) >= 11 is 0. The van der Waals surface area contributed by atoms with Crippen LogP contribution < -0.4 is 37.6 Å². The fourth-order valence-electron chi connectivity index (χ4n) is 13.2. The molecule has 7 amide bonds. The van der Waals surface area contributed by atoms with E-state index < -0.39 is 104 Å². The molecule has 0 heterocycles. The van der Waals surface area contributed by atoms with Gasteiger partial charge < -0.3 is 60.7 Å². The Morgan fingerprint density at radius 1 is 0.380 bits per heavy atom. The van der Waals surface area contributed by atoms with E-state index in [1.165, 1.54) is 108 Å². The van der Waals surface area contributed by atoms with E-state index in [0.717, 1.165) is 25.7 Å². The summed E-state index contributed by atoms with van der Waals surface area (Å²) in [5.74, 6) is -1.04. The van der Waals surface area contributed by atoms with Crippen LogP contribution in [0.15, 0.2) is 0 Å². The Morgan fingerprint density at radius 2 is 0.720 bits per heavy atom. The molecular formula is C79H154N8O13. The van der Waals surface area contributed by atoms with E-state index >= 15 is 9.59 Å². The molecule has 0 saturated carbocycles. The second kappa shape index (κ2) is 45.3. The van der Waals surface area contributed by atoms with Crippen molar-refractivity contribution in [2.24, 2.45) is 11.7 Å². The van der Waals surface area contributed by atoms with Crippen LogP contribution in [0.25, 0.3) is 0 Å². The van der Waals surface area contributed by atoms with Gasteiger partial charge in [-0.3, -0.25) is 15.0 Å². The van der Waals surface area contributed by atoms with Gasteiger partial charge in [-0.2, -0.15) is 0 Å². The zero-order valence-electron chi connectivity index (χ0n) is 68.6. The minimum absolute atomic E-state index is 0.00981. The first-order valence-electron chi connectivity index (χ1n) is 39.1. The first-order valence-corrected chi connectivity index (χ1v) is 39.1. The third-order valence-corrected chi connectivity index (χ3v) is 18.1. The van der Waals surface area contributed by atoms with Crippen LogP contribution in [0, 0.1) is 5.92 Å². The van der Waals surface area contributed by atoms with Crippen LogP contribution in [0.1, 0.15) is 379 Å². The molecule has 0 radical (unpaired) electrons. The number of unbranched alkanes of at least 4 members (excludes halogenated alkanes) is 21. The molecule has 0 aromatic carbocycles. The molecule has 0 aromatic rings. The lowest BCUT2D eigenvalue weighted by Crippen LogP contribution is -2.82. The van der Waals surface area contributed by atoms with Crippen molar-refractivity contribution in [1.29, 1.82) is 0 Å². The van der Waals surface area contributed by atoms with E-state index in [1.807, 2.05) is 27.7 Å². The average molecular weight is 1420 g/mol.